The van der Waals surface area contributed by atoms with Gasteiger partial charge in [-0.15, -0.1) is 0 Å². The zero-order valence-electron chi connectivity index (χ0n) is 21.6. The molecule has 5 fully saturated rings. The number of rotatable bonds is 8. The van der Waals surface area contributed by atoms with Crippen LogP contribution in [0.25, 0.3) is 0 Å². The fourth-order valence-electron chi connectivity index (χ4n) is 7.88. The second-order valence-electron chi connectivity index (χ2n) is 11.8. The van der Waals surface area contributed by atoms with Crippen molar-refractivity contribution in [2.24, 2.45) is 22.7 Å². The number of nitrogens with zero attached hydrogens (tertiary/aromatic N) is 1. The summed E-state index contributed by atoms with van der Waals surface area (Å²) >= 11 is 0. The molecule has 2 atom stereocenters. The van der Waals surface area contributed by atoms with E-state index in [0.717, 1.165) is 57.8 Å². The summed E-state index contributed by atoms with van der Waals surface area (Å²) in [6.45, 7) is 4.09. The first-order valence-corrected chi connectivity index (χ1v) is 14.0. The molecule has 1 heterocycles. The molecule has 5 aliphatic rings. The van der Waals surface area contributed by atoms with E-state index in [0.29, 0.717) is 44.5 Å². The Hall–Kier alpha value is -2.57. The molecule has 4 bridgehead atoms. The van der Waals surface area contributed by atoms with Crippen molar-refractivity contribution in [3.8, 4) is 0 Å². The van der Waals surface area contributed by atoms with Gasteiger partial charge in [-0.25, -0.2) is 4.79 Å². The average Bonchev–Trinajstić information content (AvgIpc) is 2.87. The fourth-order valence-corrected chi connectivity index (χ4v) is 7.88. The number of carbonyl (C=O) groups is 3. The second kappa shape index (κ2) is 10.4. The van der Waals surface area contributed by atoms with E-state index in [1.807, 2.05) is 13.0 Å². The summed E-state index contributed by atoms with van der Waals surface area (Å²) in [7, 11) is 0. The van der Waals surface area contributed by atoms with Gasteiger partial charge < -0.3 is 20.3 Å². The van der Waals surface area contributed by atoms with Crippen LogP contribution >= 0.6 is 0 Å². The van der Waals surface area contributed by atoms with Crippen molar-refractivity contribution in [3.63, 3.8) is 0 Å². The van der Waals surface area contributed by atoms with Crippen LogP contribution in [0, 0.1) is 22.7 Å². The number of hydrogen-bond donors (Lipinski definition) is 2. The van der Waals surface area contributed by atoms with Crippen LogP contribution < -0.4 is 10.6 Å². The van der Waals surface area contributed by atoms with Crippen molar-refractivity contribution in [3.05, 3.63) is 35.9 Å². The molecule has 1 aromatic rings. The molecule has 6 rings (SSSR count). The maximum Gasteiger partial charge on any atom is 0.409 e. The first-order chi connectivity index (χ1) is 17.4. The first kappa shape index (κ1) is 25.1. The number of hydrogen-bond acceptors (Lipinski definition) is 4. The van der Waals surface area contributed by atoms with Crippen LogP contribution in [0.15, 0.2) is 30.3 Å². The number of aryl methyl sites for hydroxylation is 1. The van der Waals surface area contributed by atoms with E-state index < -0.39 is 5.41 Å². The normalized spacial score (nSPS) is 31.2. The third kappa shape index (κ3) is 5.12. The third-order valence-electron chi connectivity index (χ3n) is 9.15. The zero-order chi connectivity index (χ0) is 25.2. The molecule has 2 N–H and O–H groups in total. The Morgan fingerprint density at radius 3 is 2.25 bits per heavy atom. The molecular formula is C29H41N3O4. The summed E-state index contributed by atoms with van der Waals surface area (Å²) in [5.74, 6) is 1.26. The minimum absolute atomic E-state index is 0.0824. The Morgan fingerprint density at radius 2 is 1.61 bits per heavy atom. The molecule has 1 aliphatic heterocycles. The predicted octanol–water partition coefficient (Wildman–Crippen LogP) is 4.06. The molecule has 36 heavy (non-hydrogen) atoms. The van der Waals surface area contributed by atoms with Gasteiger partial charge in [-0.2, -0.15) is 0 Å². The van der Waals surface area contributed by atoms with Crippen LogP contribution in [0.1, 0.15) is 70.3 Å². The highest BCUT2D eigenvalue weighted by Gasteiger charge is 2.63. The Labute approximate surface area is 214 Å². The number of piperidine rings is 1. The Bertz CT molecular complexity index is 943. The van der Waals surface area contributed by atoms with E-state index in [-0.39, 0.29) is 29.4 Å². The number of carbonyl (C=O) groups excluding carboxylic acids is 3. The maximum atomic E-state index is 13.7. The fraction of sp³-hybridized carbons (Fsp3) is 0.690. The lowest BCUT2D eigenvalue weighted by molar-refractivity contribution is -0.168. The molecule has 0 radical (unpaired) electrons. The Kier molecular flexibility index (Phi) is 7.27. The molecule has 2 unspecified atom stereocenters. The second-order valence-corrected chi connectivity index (χ2v) is 11.8. The van der Waals surface area contributed by atoms with E-state index in [9.17, 15) is 14.4 Å². The van der Waals surface area contributed by atoms with Crippen molar-refractivity contribution in [2.75, 3.05) is 26.2 Å². The molecule has 3 amide bonds. The zero-order valence-corrected chi connectivity index (χ0v) is 21.6. The minimum Gasteiger partial charge on any atom is -0.450 e. The van der Waals surface area contributed by atoms with E-state index in [1.54, 1.807) is 4.90 Å². The SMILES string of the molecule is CCOC(=O)N1CCC(NC(=O)C23CC4CC(CC(C(=O)NCCCc5ccccc5)(C4)C2)C3)CC1. The molecule has 7 heteroatoms. The van der Waals surface area contributed by atoms with E-state index in [4.69, 9.17) is 4.74 Å². The van der Waals surface area contributed by atoms with Gasteiger partial charge in [0.15, 0.2) is 0 Å². The number of likely N-dealkylation sites (tertiary alicyclic amines) is 1. The molecule has 1 aromatic carbocycles. The van der Waals surface area contributed by atoms with Gasteiger partial charge in [0.25, 0.3) is 0 Å². The average molecular weight is 496 g/mol. The van der Waals surface area contributed by atoms with E-state index in [2.05, 4.69) is 34.9 Å². The Balaban J connectivity index is 1.17. The lowest BCUT2D eigenvalue weighted by Gasteiger charge is -2.60. The highest BCUT2D eigenvalue weighted by molar-refractivity contribution is 5.88. The number of benzene rings is 1. The van der Waals surface area contributed by atoms with Crippen LogP contribution in [0.4, 0.5) is 4.79 Å². The van der Waals surface area contributed by atoms with Crippen LogP contribution in [-0.2, 0) is 20.7 Å². The van der Waals surface area contributed by atoms with Crippen molar-refractivity contribution in [1.29, 1.82) is 0 Å². The van der Waals surface area contributed by atoms with Gasteiger partial charge >= 0.3 is 6.09 Å². The van der Waals surface area contributed by atoms with Crippen LogP contribution in [0.3, 0.4) is 0 Å². The summed E-state index contributed by atoms with van der Waals surface area (Å²) < 4.78 is 5.12. The number of nitrogens with one attached hydrogen (secondary N) is 2. The molecule has 0 aromatic heterocycles. The highest BCUT2D eigenvalue weighted by atomic mass is 16.6. The van der Waals surface area contributed by atoms with Gasteiger partial charge in [0.2, 0.25) is 11.8 Å². The van der Waals surface area contributed by atoms with Gasteiger partial charge in [-0.05, 0) is 88.5 Å². The number of ether oxygens (including phenoxy) is 1. The lowest BCUT2D eigenvalue weighted by Crippen LogP contribution is -2.62. The highest BCUT2D eigenvalue weighted by Crippen LogP contribution is 2.65. The molecule has 4 aliphatic carbocycles. The van der Waals surface area contributed by atoms with Crippen molar-refractivity contribution in [2.45, 2.75) is 77.2 Å². The minimum atomic E-state index is -0.413. The standard InChI is InChI=1S/C29H41N3O4/c1-2-36-27(35)32-13-10-24(11-14-32)31-26(34)29-18-22-15-23(19-29)17-28(16-22,20-29)25(33)30-12-6-9-21-7-4-3-5-8-21/h3-5,7-8,22-24H,2,6,9-20H2,1H3,(H,30,33)(H,31,34). The molecular weight excluding hydrogens is 454 g/mol. The smallest absolute Gasteiger partial charge is 0.409 e. The molecule has 4 saturated carbocycles. The molecule has 7 nitrogen and oxygen atoms in total. The first-order valence-electron chi connectivity index (χ1n) is 14.0. The van der Waals surface area contributed by atoms with Crippen molar-refractivity contribution in [1.82, 2.24) is 15.5 Å². The summed E-state index contributed by atoms with van der Waals surface area (Å²) in [6.07, 6.45) is 8.67. The van der Waals surface area contributed by atoms with E-state index in [1.165, 1.54) is 5.56 Å². The van der Waals surface area contributed by atoms with Gasteiger partial charge in [-0.1, -0.05) is 30.3 Å². The van der Waals surface area contributed by atoms with Gasteiger partial charge in [0.1, 0.15) is 0 Å². The molecule has 196 valence electrons. The van der Waals surface area contributed by atoms with Gasteiger partial charge in [0.05, 0.1) is 17.4 Å². The monoisotopic (exact) mass is 495 g/mol. The van der Waals surface area contributed by atoms with Gasteiger partial charge in [-0.3, -0.25) is 9.59 Å². The number of amides is 3. The predicted molar refractivity (Wildman–Crippen MR) is 137 cm³/mol. The van der Waals surface area contributed by atoms with E-state index >= 15 is 0 Å². The Morgan fingerprint density at radius 1 is 0.972 bits per heavy atom. The third-order valence-corrected chi connectivity index (χ3v) is 9.15. The van der Waals surface area contributed by atoms with Crippen LogP contribution in [0.2, 0.25) is 0 Å². The summed E-state index contributed by atoms with van der Waals surface area (Å²) in [5, 5.41) is 6.60. The van der Waals surface area contributed by atoms with Crippen molar-refractivity contribution >= 4 is 17.9 Å². The molecule has 1 saturated heterocycles. The van der Waals surface area contributed by atoms with Crippen LogP contribution in [-0.4, -0.2) is 55.1 Å². The lowest BCUT2D eigenvalue weighted by atomic mass is 9.43. The summed E-state index contributed by atoms with van der Waals surface area (Å²) in [4.78, 5) is 41.0. The van der Waals surface area contributed by atoms with Crippen molar-refractivity contribution < 1.29 is 19.1 Å². The topological polar surface area (TPSA) is 87.7 Å². The van der Waals surface area contributed by atoms with Crippen LogP contribution in [0.5, 0.6) is 0 Å². The summed E-state index contributed by atoms with van der Waals surface area (Å²) in [5.41, 5.74) is 0.496. The largest absolute Gasteiger partial charge is 0.450 e. The quantitative estimate of drug-likeness (QED) is 0.533. The summed E-state index contributed by atoms with van der Waals surface area (Å²) in [6, 6.07) is 10.5. The van der Waals surface area contributed by atoms with Gasteiger partial charge in [0, 0.05) is 25.7 Å². The maximum absolute atomic E-state index is 13.7. The molecule has 0 spiro atoms.